The van der Waals surface area contributed by atoms with Crippen LogP contribution >= 0.6 is 23.2 Å². The van der Waals surface area contributed by atoms with Crippen LogP contribution in [0.25, 0.3) is 0 Å². The van der Waals surface area contributed by atoms with Gasteiger partial charge in [0.15, 0.2) is 0 Å². The van der Waals surface area contributed by atoms with Crippen molar-refractivity contribution in [3.8, 4) is 0 Å². The van der Waals surface area contributed by atoms with E-state index in [1.165, 1.54) is 18.2 Å². The van der Waals surface area contributed by atoms with Crippen LogP contribution in [0, 0.1) is 5.82 Å². The number of aliphatic hydroxyl groups is 1. The second kappa shape index (κ2) is 5.83. The maximum Gasteiger partial charge on any atom is 0.419 e. The minimum absolute atomic E-state index is 0.0300. The van der Waals surface area contributed by atoms with Crippen LogP contribution in [0.2, 0.25) is 10.0 Å². The Kier molecular flexibility index (Phi) is 4.46. The summed E-state index contributed by atoms with van der Waals surface area (Å²) in [5, 5.41) is 10.2. The molecule has 1 nitrogen and oxygen atoms in total. The van der Waals surface area contributed by atoms with Gasteiger partial charge in [0.05, 0.1) is 15.6 Å². The largest absolute Gasteiger partial charge is 0.419 e. The van der Waals surface area contributed by atoms with E-state index in [1.54, 1.807) is 0 Å². The number of rotatable bonds is 2. The SMILES string of the molecule is OC(c1cccc(C(F)(F)F)c1F)c1cccc(Cl)c1Cl. The van der Waals surface area contributed by atoms with E-state index < -0.39 is 29.2 Å². The lowest BCUT2D eigenvalue weighted by Gasteiger charge is -2.17. The molecule has 0 aliphatic carbocycles. The van der Waals surface area contributed by atoms with E-state index in [0.717, 1.165) is 12.1 Å². The van der Waals surface area contributed by atoms with Gasteiger partial charge in [-0.3, -0.25) is 0 Å². The van der Waals surface area contributed by atoms with E-state index >= 15 is 0 Å². The van der Waals surface area contributed by atoms with E-state index in [-0.39, 0.29) is 15.6 Å². The predicted molar refractivity (Wildman–Crippen MR) is 71.9 cm³/mol. The molecule has 0 aliphatic heterocycles. The molecule has 0 aromatic heterocycles. The Hall–Kier alpha value is -1.30. The van der Waals surface area contributed by atoms with E-state index in [1.807, 2.05) is 0 Å². The summed E-state index contributed by atoms with van der Waals surface area (Å²) in [6.45, 7) is 0. The van der Waals surface area contributed by atoms with Crippen molar-refractivity contribution in [2.45, 2.75) is 12.3 Å². The van der Waals surface area contributed by atoms with Crippen molar-refractivity contribution in [2.75, 3.05) is 0 Å². The van der Waals surface area contributed by atoms with Gasteiger partial charge >= 0.3 is 6.18 Å². The zero-order valence-corrected chi connectivity index (χ0v) is 11.8. The van der Waals surface area contributed by atoms with Crippen LogP contribution in [0.4, 0.5) is 17.6 Å². The average Bonchev–Trinajstić information content (AvgIpc) is 2.40. The first-order valence-corrected chi connectivity index (χ1v) is 6.46. The quantitative estimate of drug-likeness (QED) is 0.743. The molecular weight excluding hydrogens is 331 g/mol. The summed E-state index contributed by atoms with van der Waals surface area (Å²) in [5.41, 5.74) is -1.94. The van der Waals surface area contributed by atoms with Crippen LogP contribution < -0.4 is 0 Å². The molecule has 112 valence electrons. The van der Waals surface area contributed by atoms with Gasteiger partial charge in [-0.15, -0.1) is 0 Å². The van der Waals surface area contributed by atoms with Crippen molar-refractivity contribution in [2.24, 2.45) is 0 Å². The molecule has 0 heterocycles. The fraction of sp³-hybridized carbons (Fsp3) is 0.143. The second-order valence-corrected chi connectivity index (χ2v) is 5.04. The number of benzene rings is 2. The van der Waals surface area contributed by atoms with Gasteiger partial charge in [-0.1, -0.05) is 47.5 Å². The molecule has 0 spiro atoms. The van der Waals surface area contributed by atoms with E-state index in [9.17, 15) is 22.7 Å². The Morgan fingerprint density at radius 3 is 2.14 bits per heavy atom. The molecule has 0 saturated heterocycles. The highest BCUT2D eigenvalue weighted by atomic mass is 35.5. The average molecular weight is 339 g/mol. The Bertz CT molecular complexity index is 671. The van der Waals surface area contributed by atoms with Crippen molar-refractivity contribution in [3.63, 3.8) is 0 Å². The normalized spacial score (nSPS) is 13.3. The third kappa shape index (κ3) is 3.15. The molecule has 2 aromatic rings. The Balaban J connectivity index is 2.54. The molecule has 7 heteroatoms. The topological polar surface area (TPSA) is 20.2 Å². The van der Waals surface area contributed by atoms with Gasteiger partial charge < -0.3 is 5.11 Å². The predicted octanol–water partition coefficient (Wildman–Crippen LogP) is 5.23. The van der Waals surface area contributed by atoms with Crippen LogP contribution in [-0.4, -0.2) is 5.11 Å². The second-order valence-electron chi connectivity index (χ2n) is 4.25. The van der Waals surface area contributed by atoms with Crippen LogP contribution in [0.5, 0.6) is 0 Å². The van der Waals surface area contributed by atoms with Crippen molar-refractivity contribution < 1.29 is 22.7 Å². The van der Waals surface area contributed by atoms with E-state index in [2.05, 4.69) is 0 Å². The summed E-state index contributed by atoms with van der Waals surface area (Å²) in [5.74, 6) is -1.53. The number of hydrogen-bond donors (Lipinski definition) is 1. The molecular formula is C14H8Cl2F4O. The van der Waals surface area contributed by atoms with Crippen LogP contribution in [0.3, 0.4) is 0 Å². The van der Waals surface area contributed by atoms with Crippen molar-refractivity contribution in [3.05, 3.63) is 69.0 Å². The highest BCUT2D eigenvalue weighted by molar-refractivity contribution is 6.42. The minimum atomic E-state index is -4.85. The number of hydrogen-bond acceptors (Lipinski definition) is 1. The zero-order chi connectivity index (χ0) is 15.8. The molecule has 1 atom stereocenters. The van der Waals surface area contributed by atoms with Crippen LogP contribution in [-0.2, 0) is 6.18 Å². The van der Waals surface area contributed by atoms with Gasteiger partial charge in [-0.25, -0.2) is 4.39 Å². The molecule has 0 aliphatic rings. The highest BCUT2D eigenvalue weighted by Crippen LogP contribution is 2.37. The lowest BCUT2D eigenvalue weighted by molar-refractivity contribution is -0.140. The molecule has 1 unspecified atom stereocenters. The van der Waals surface area contributed by atoms with Gasteiger partial charge in [0.25, 0.3) is 0 Å². The molecule has 21 heavy (non-hydrogen) atoms. The van der Waals surface area contributed by atoms with Crippen LogP contribution in [0.1, 0.15) is 22.8 Å². The maximum atomic E-state index is 14.0. The summed E-state index contributed by atoms with van der Waals surface area (Å²) < 4.78 is 52.0. The third-order valence-electron chi connectivity index (χ3n) is 2.90. The van der Waals surface area contributed by atoms with E-state index in [4.69, 9.17) is 23.2 Å². The van der Waals surface area contributed by atoms with Gasteiger partial charge in [0, 0.05) is 11.1 Å². The molecule has 0 radical (unpaired) electrons. The van der Waals surface area contributed by atoms with Gasteiger partial charge in [0.1, 0.15) is 11.9 Å². The first-order chi connectivity index (χ1) is 9.73. The first kappa shape index (κ1) is 16.1. The fourth-order valence-electron chi connectivity index (χ4n) is 1.88. The number of alkyl halides is 3. The van der Waals surface area contributed by atoms with Crippen molar-refractivity contribution in [1.29, 1.82) is 0 Å². The minimum Gasteiger partial charge on any atom is -0.383 e. The molecule has 0 amide bonds. The molecule has 0 fully saturated rings. The number of halogens is 6. The maximum absolute atomic E-state index is 14.0. The summed E-state index contributed by atoms with van der Waals surface area (Å²) in [4.78, 5) is 0. The summed E-state index contributed by atoms with van der Waals surface area (Å²) in [7, 11) is 0. The van der Waals surface area contributed by atoms with E-state index in [0.29, 0.717) is 6.07 Å². The van der Waals surface area contributed by atoms with Gasteiger partial charge in [0.2, 0.25) is 0 Å². The fourth-order valence-corrected chi connectivity index (χ4v) is 2.29. The first-order valence-electron chi connectivity index (χ1n) is 5.71. The van der Waals surface area contributed by atoms with Crippen LogP contribution in [0.15, 0.2) is 36.4 Å². The number of aliphatic hydroxyl groups excluding tert-OH is 1. The zero-order valence-electron chi connectivity index (χ0n) is 10.3. The summed E-state index contributed by atoms with van der Waals surface area (Å²) in [6, 6.07) is 6.94. The standard InChI is InChI=1S/C14H8Cl2F4O/c15-10-6-2-3-7(11(10)16)13(21)8-4-1-5-9(12(8)17)14(18,19)20/h1-6,13,21H. The third-order valence-corrected chi connectivity index (χ3v) is 3.74. The Labute approximate surface area is 127 Å². The Morgan fingerprint density at radius 1 is 0.952 bits per heavy atom. The van der Waals surface area contributed by atoms with Gasteiger partial charge in [-0.2, -0.15) is 13.2 Å². The van der Waals surface area contributed by atoms with Crippen molar-refractivity contribution in [1.82, 2.24) is 0 Å². The Morgan fingerprint density at radius 2 is 1.52 bits per heavy atom. The molecule has 2 aromatic carbocycles. The molecule has 0 saturated carbocycles. The lowest BCUT2D eigenvalue weighted by Crippen LogP contribution is -2.12. The highest BCUT2D eigenvalue weighted by Gasteiger charge is 2.36. The molecule has 1 N–H and O–H groups in total. The lowest BCUT2D eigenvalue weighted by atomic mass is 9.98. The smallest absolute Gasteiger partial charge is 0.383 e. The van der Waals surface area contributed by atoms with Crippen molar-refractivity contribution >= 4 is 23.2 Å². The summed E-state index contributed by atoms with van der Waals surface area (Å²) in [6.07, 6.45) is -6.50. The summed E-state index contributed by atoms with van der Waals surface area (Å²) >= 11 is 11.7. The van der Waals surface area contributed by atoms with Gasteiger partial charge in [-0.05, 0) is 12.1 Å². The molecule has 2 rings (SSSR count). The monoisotopic (exact) mass is 338 g/mol. The molecule has 0 bridgehead atoms.